The van der Waals surface area contributed by atoms with Crippen molar-refractivity contribution >= 4 is 0 Å². The zero-order valence-corrected chi connectivity index (χ0v) is 8.42. The highest BCUT2D eigenvalue weighted by Crippen LogP contribution is 2.05. The van der Waals surface area contributed by atoms with Crippen LogP contribution in [-0.2, 0) is 0 Å². The van der Waals surface area contributed by atoms with E-state index in [1.165, 1.54) is 25.9 Å². The Balaban J connectivity index is 1.92. The lowest BCUT2D eigenvalue weighted by molar-refractivity contribution is 0.334. The first-order chi connectivity index (χ1) is 6.33. The van der Waals surface area contributed by atoms with E-state index in [9.17, 15) is 0 Å². The first-order valence-corrected chi connectivity index (χ1v) is 5.15. The van der Waals surface area contributed by atoms with Gasteiger partial charge in [0, 0.05) is 19.6 Å². The Morgan fingerprint density at radius 3 is 2.77 bits per heavy atom. The molecule has 0 aromatic carbocycles. The van der Waals surface area contributed by atoms with Gasteiger partial charge in [-0.3, -0.25) is 0 Å². The van der Waals surface area contributed by atoms with Gasteiger partial charge in [0.2, 0.25) is 0 Å². The monoisotopic (exact) mass is 181 g/mol. The fraction of sp³-hybridized carbons (Fsp3) is 0.900. The van der Waals surface area contributed by atoms with Crippen molar-refractivity contribution in [3.8, 4) is 6.07 Å². The molecule has 0 radical (unpaired) electrons. The summed E-state index contributed by atoms with van der Waals surface area (Å²) in [5, 5.41) is 11.8. The van der Waals surface area contributed by atoms with Gasteiger partial charge in [0.05, 0.1) is 12.0 Å². The smallest absolute Gasteiger partial charge is 0.0666 e. The van der Waals surface area contributed by atoms with Crippen LogP contribution < -0.4 is 5.32 Å². The molecular formula is C10H19N3. The van der Waals surface area contributed by atoms with Crippen LogP contribution in [0.25, 0.3) is 0 Å². The first-order valence-electron chi connectivity index (χ1n) is 5.15. The highest BCUT2D eigenvalue weighted by molar-refractivity contribution is 4.80. The van der Waals surface area contributed by atoms with Gasteiger partial charge in [0.25, 0.3) is 0 Å². The van der Waals surface area contributed by atoms with Crippen molar-refractivity contribution in [2.45, 2.75) is 19.8 Å². The summed E-state index contributed by atoms with van der Waals surface area (Å²) in [5.74, 6) is 0.138. The lowest BCUT2D eigenvalue weighted by atomic mass is 10.2. The second-order valence-corrected chi connectivity index (χ2v) is 3.78. The first kappa shape index (κ1) is 10.5. The predicted molar refractivity (Wildman–Crippen MR) is 53.3 cm³/mol. The van der Waals surface area contributed by atoms with Gasteiger partial charge >= 0.3 is 0 Å². The van der Waals surface area contributed by atoms with E-state index in [1.54, 1.807) is 0 Å². The van der Waals surface area contributed by atoms with Crippen molar-refractivity contribution < 1.29 is 0 Å². The minimum absolute atomic E-state index is 0.138. The molecule has 0 saturated carbocycles. The molecule has 1 atom stereocenters. The molecule has 0 aliphatic carbocycles. The zero-order valence-electron chi connectivity index (χ0n) is 8.42. The summed E-state index contributed by atoms with van der Waals surface area (Å²) in [4.78, 5) is 2.48. The number of hydrogen-bond donors (Lipinski definition) is 1. The van der Waals surface area contributed by atoms with Gasteiger partial charge in [-0.2, -0.15) is 5.26 Å². The molecule has 3 nitrogen and oxygen atoms in total. The fourth-order valence-corrected chi connectivity index (χ4v) is 1.61. The minimum Gasteiger partial charge on any atom is -0.314 e. The van der Waals surface area contributed by atoms with Gasteiger partial charge in [-0.25, -0.2) is 0 Å². The lowest BCUT2D eigenvalue weighted by Gasteiger charge is -2.14. The molecule has 0 bridgehead atoms. The lowest BCUT2D eigenvalue weighted by Crippen LogP contribution is -2.31. The Bertz CT molecular complexity index is 167. The number of hydrogen-bond acceptors (Lipinski definition) is 3. The van der Waals surface area contributed by atoms with E-state index in [4.69, 9.17) is 5.26 Å². The third kappa shape index (κ3) is 4.25. The van der Waals surface area contributed by atoms with Gasteiger partial charge in [-0.15, -0.1) is 0 Å². The summed E-state index contributed by atoms with van der Waals surface area (Å²) in [6.07, 6.45) is 2.71. The van der Waals surface area contributed by atoms with Crippen LogP contribution in [-0.4, -0.2) is 37.6 Å². The maximum atomic E-state index is 8.55. The molecular weight excluding hydrogens is 162 g/mol. The van der Waals surface area contributed by atoms with Crippen LogP contribution in [0, 0.1) is 17.2 Å². The summed E-state index contributed by atoms with van der Waals surface area (Å²) in [7, 11) is 0. The number of rotatable bonds is 5. The van der Waals surface area contributed by atoms with E-state index in [1.807, 2.05) is 6.92 Å². The minimum atomic E-state index is 0.138. The van der Waals surface area contributed by atoms with Crippen molar-refractivity contribution in [1.29, 1.82) is 5.26 Å². The molecule has 1 fully saturated rings. The second-order valence-electron chi connectivity index (χ2n) is 3.78. The van der Waals surface area contributed by atoms with Crippen molar-refractivity contribution in [2.24, 2.45) is 5.92 Å². The largest absolute Gasteiger partial charge is 0.314 e. The van der Waals surface area contributed by atoms with Crippen LogP contribution >= 0.6 is 0 Å². The van der Waals surface area contributed by atoms with Gasteiger partial charge in [-0.05, 0) is 32.9 Å². The van der Waals surface area contributed by atoms with Crippen LogP contribution in [0.2, 0.25) is 0 Å². The summed E-state index contributed by atoms with van der Waals surface area (Å²) in [6, 6.07) is 2.22. The number of nitriles is 1. The summed E-state index contributed by atoms with van der Waals surface area (Å²) >= 11 is 0. The molecule has 1 aliphatic rings. The normalized spacial score (nSPS) is 20.0. The van der Waals surface area contributed by atoms with Crippen LogP contribution in [0.5, 0.6) is 0 Å². The Kier molecular flexibility index (Phi) is 4.81. The third-order valence-corrected chi connectivity index (χ3v) is 2.47. The van der Waals surface area contributed by atoms with Gasteiger partial charge in [-0.1, -0.05) is 0 Å². The highest BCUT2D eigenvalue weighted by atomic mass is 15.1. The molecule has 1 aliphatic heterocycles. The maximum absolute atomic E-state index is 8.55. The number of nitrogens with one attached hydrogen (secondary N) is 1. The average Bonchev–Trinajstić information content (AvgIpc) is 2.64. The molecule has 0 spiro atoms. The van der Waals surface area contributed by atoms with Crippen LogP contribution in [0.15, 0.2) is 0 Å². The number of nitrogens with zero attached hydrogens (tertiary/aromatic N) is 2. The van der Waals surface area contributed by atoms with Crippen LogP contribution in [0.3, 0.4) is 0 Å². The topological polar surface area (TPSA) is 39.1 Å². The molecule has 1 N–H and O–H groups in total. The summed E-state index contributed by atoms with van der Waals surface area (Å²) in [6.45, 7) is 7.45. The molecule has 1 saturated heterocycles. The zero-order chi connectivity index (χ0) is 9.52. The Hall–Kier alpha value is -0.590. The van der Waals surface area contributed by atoms with Gasteiger partial charge in [0.1, 0.15) is 0 Å². The van der Waals surface area contributed by atoms with E-state index < -0.39 is 0 Å². The van der Waals surface area contributed by atoms with Crippen molar-refractivity contribution in [2.75, 3.05) is 32.7 Å². The molecule has 0 aromatic rings. The van der Waals surface area contributed by atoms with E-state index in [2.05, 4.69) is 16.3 Å². The van der Waals surface area contributed by atoms with Gasteiger partial charge < -0.3 is 10.2 Å². The van der Waals surface area contributed by atoms with E-state index in [0.717, 1.165) is 19.6 Å². The maximum Gasteiger partial charge on any atom is 0.0666 e. The van der Waals surface area contributed by atoms with E-state index >= 15 is 0 Å². The van der Waals surface area contributed by atoms with Gasteiger partial charge in [0.15, 0.2) is 0 Å². The van der Waals surface area contributed by atoms with Crippen LogP contribution in [0.1, 0.15) is 19.8 Å². The second kappa shape index (κ2) is 5.95. The summed E-state index contributed by atoms with van der Waals surface area (Å²) < 4.78 is 0. The van der Waals surface area contributed by atoms with Crippen molar-refractivity contribution in [1.82, 2.24) is 10.2 Å². The third-order valence-electron chi connectivity index (χ3n) is 2.47. The number of likely N-dealkylation sites (tertiary alicyclic amines) is 1. The molecule has 1 heterocycles. The Morgan fingerprint density at radius 2 is 2.15 bits per heavy atom. The Labute approximate surface area is 80.7 Å². The molecule has 0 amide bonds. The fourth-order valence-electron chi connectivity index (χ4n) is 1.61. The molecule has 3 heteroatoms. The quantitative estimate of drug-likeness (QED) is 0.639. The average molecular weight is 181 g/mol. The van der Waals surface area contributed by atoms with E-state index in [0.29, 0.717) is 0 Å². The molecule has 1 rings (SSSR count). The van der Waals surface area contributed by atoms with Crippen LogP contribution in [0.4, 0.5) is 0 Å². The van der Waals surface area contributed by atoms with E-state index in [-0.39, 0.29) is 5.92 Å². The van der Waals surface area contributed by atoms with Crippen molar-refractivity contribution in [3.63, 3.8) is 0 Å². The predicted octanol–water partition coefficient (Wildman–Crippen LogP) is 0.831. The molecule has 13 heavy (non-hydrogen) atoms. The molecule has 1 unspecified atom stereocenters. The molecule has 74 valence electrons. The standard InChI is InChI=1S/C10H19N3/c1-10(8-11)9-12-4-7-13-5-2-3-6-13/h10,12H,2-7,9H2,1H3. The van der Waals surface area contributed by atoms with Crippen molar-refractivity contribution in [3.05, 3.63) is 0 Å². The highest BCUT2D eigenvalue weighted by Gasteiger charge is 2.10. The molecule has 0 aromatic heterocycles. The SMILES string of the molecule is CC(C#N)CNCCN1CCCC1. The Morgan fingerprint density at radius 1 is 1.46 bits per heavy atom. The summed E-state index contributed by atoms with van der Waals surface area (Å²) in [5.41, 5.74) is 0.